The molecule has 0 aromatic heterocycles. The third-order valence-corrected chi connectivity index (χ3v) is 3.50. The molecule has 0 atom stereocenters. The highest BCUT2D eigenvalue weighted by Gasteiger charge is 2.25. The van der Waals surface area contributed by atoms with Gasteiger partial charge in [0.2, 0.25) is 0 Å². The molecule has 0 aliphatic heterocycles. The molecule has 0 spiro atoms. The number of hydrogen-bond acceptors (Lipinski definition) is 2. The topological polar surface area (TPSA) is 49.3 Å². The molecule has 1 aromatic rings. The summed E-state index contributed by atoms with van der Waals surface area (Å²) >= 11 is 5.83. The molecule has 1 aromatic carbocycles. The fourth-order valence-electron chi connectivity index (χ4n) is 2.25. The van der Waals surface area contributed by atoms with Gasteiger partial charge in [0.15, 0.2) is 0 Å². The third kappa shape index (κ3) is 4.76. The van der Waals surface area contributed by atoms with Crippen molar-refractivity contribution in [3.05, 3.63) is 34.6 Å². The van der Waals surface area contributed by atoms with E-state index in [2.05, 4.69) is 5.32 Å². The molecular weight excluding hydrogens is 281 g/mol. The number of rotatable bonds is 7. The molecule has 0 saturated heterocycles. The molecule has 0 heterocycles. The second-order valence-electron chi connectivity index (χ2n) is 5.03. The summed E-state index contributed by atoms with van der Waals surface area (Å²) in [4.78, 5) is 12.0. The highest BCUT2D eigenvalue weighted by Crippen LogP contribution is 2.20. The Labute approximate surface area is 124 Å². The number of carbonyl (C=O) groups is 1. The van der Waals surface area contributed by atoms with Crippen LogP contribution in [0, 0.1) is 5.82 Å². The second-order valence-corrected chi connectivity index (χ2v) is 5.44. The lowest BCUT2D eigenvalue weighted by atomic mass is 9.92. The van der Waals surface area contributed by atoms with Gasteiger partial charge in [-0.2, -0.15) is 0 Å². The molecule has 5 heteroatoms. The van der Waals surface area contributed by atoms with Gasteiger partial charge in [-0.05, 0) is 31.0 Å². The minimum Gasteiger partial charge on any atom is -0.388 e. The first-order valence-electron chi connectivity index (χ1n) is 6.87. The van der Waals surface area contributed by atoms with E-state index in [-0.39, 0.29) is 17.1 Å². The summed E-state index contributed by atoms with van der Waals surface area (Å²) < 4.78 is 12.9. The largest absolute Gasteiger partial charge is 0.388 e. The van der Waals surface area contributed by atoms with E-state index >= 15 is 0 Å². The number of amides is 1. The van der Waals surface area contributed by atoms with Crippen LogP contribution in [0.4, 0.5) is 4.39 Å². The number of benzene rings is 1. The molecule has 0 fully saturated rings. The van der Waals surface area contributed by atoms with Crippen molar-refractivity contribution in [1.82, 2.24) is 5.32 Å². The van der Waals surface area contributed by atoms with Gasteiger partial charge in [-0.3, -0.25) is 4.79 Å². The predicted octanol–water partition coefficient (Wildman–Crippen LogP) is 3.54. The Balaban J connectivity index is 2.70. The van der Waals surface area contributed by atoms with Crippen LogP contribution in [-0.4, -0.2) is 23.2 Å². The first-order chi connectivity index (χ1) is 9.41. The van der Waals surface area contributed by atoms with Crippen molar-refractivity contribution in [2.75, 3.05) is 6.54 Å². The molecule has 3 nitrogen and oxygen atoms in total. The average Bonchev–Trinajstić information content (AvgIpc) is 2.37. The van der Waals surface area contributed by atoms with Crippen molar-refractivity contribution in [2.45, 2.75) is 45.1 Å². The first kappa shape index (κ1) is 16.9. The fraction of sp³-hybridized carbons (Fsp3) is 0.533. The van der Waals surface area contributed by atoms with E-state index in [1.165, 1.54) is 12.1 Å². The van der Waals surface area contributed by atoms with Gasteiger partial charge >= 0.3 is 0 Å². The second kappa shape index (κ2) is 7.60. The zero-order valence-corrected chi connectivity index (χ0v) is 12.6. The maximum absolute atomic E-state index is 12.9. The SMILES string of the molecule is CCCC(O)(CCC)CNC(=O)c1ccc(F)cc1Cl. The smallest absolute Gasteiger partial charge is 0.252 e. The highest BCUT2D eigenvalue weighted by molar-refractivity contribution is 6.33. The summed E-state index contributed by atoms with van der Waals surface area (Å²) in [5.74, 6) is -0.888. The Morgan fingerprint density at radius 1 is 1.35 bits per heavy atom. The molecule has 1 amide bonds. The Morgan fingerprint density at radius 3 is 2.45 bits per heavy atom. The molecule has 1 rings (SSSR count). The molecule has 0 saturated carbocycles. The predicted molar refractivity (Wildman–Crippen MR) is 78.5 cm³/mol. The Hall–Kier alpha value is -1.13. The van der Waals surface area contributed by atoms with Gasteiger partial charge in [0.25, 0.3) is 5.91 Å². The lowest BCUT2D eigenvalue weighted by Crippen LogP contribution is -2.42. The Bertz CT molecular complexity index is 459. The van der Waals surface area contributed by atoms with Crippen LogP contribution in [-0.2, 0) is 0 Å². The molecule has 0 bridgehead atoms. The van der Waals surface area contributed by atoms with E-state index in [1.54, 1.807) is 0 Å². The van der Waals surface area contributed by atoms with Crippen LogP contribution in [0.1, 0.15) is 49.9 Å². The van der Waals surface area contributed by atoms with Crippen molar-refractivity contribution in [3.63, 3.8) is 0 Å². The average molecular weight is 302 g/mol. The minimum absolute atomic E-state index is 0.0667. The van der Waals surface area contributed by atoms with Crippen LogP contribution in [0.25, 0.3) is 0 Å². The number of halogens is 2. The molecule has 0 aliphatic rings. The zero-order chi connectivity index (χ0) is 15.2. The fourth-order valence-corrected chi connectivity index (χ4v) is 2.50. The normalized spacial score (nSPS) is 11.4. The van der Waals surface area contributed by atoms with Crippen molar-refractivity contribution >= 4 is 17.5 Å². The standard InChI is InChI=1S/C15H21ClFNO2/c1-3-7-15(20,8-4-2)10-18-14(19)12-6-5-11(17)9-13(12)16/h5-6,9,20H,3-4,7-8,10H2,1-2H3,(H,18,19). The van der Waals surface area contributed by atoms with Gasteiger partial charge in [-0.1, -0.05) is 38.3 Å². The molecule has 112 valence electrons. The minimum atomic E-state index is -0.897. The molecule has 2 N–H and O–H groups in total. The lowest BCUT2D eigenvalue weighted by Gasteiger charge is -2.27. The van der Waals surface area contributed by atoms with Crippen molar-refractivity contribution < 1.29 is 14.3 Å². The number of carbonyl (C=O) groups excluding carboxylic acids is 1. The van der Waals surface area contributed by atoms with E-state index in [0.29, 0.717) is 12.8 Å². The molecule has 0 radical (unpaired) electrons. The van der Waals surface area contributed by atoms with Crippen LogP contribution < -0.4 is 5.32 Å². The number of aliphatic hydroxyl groups is 1. The van der Waals surface area contributed by atoms with E-state index in [0.717, 1.165) is 18.9 Å². The van der Waals surface area contributed by atoms with Gasteiger partial charge < -0.3 is 10.4 Å². The van der Waals surface area contributed by atoms with Crippen LogP contribution in [0.5, 0.6) is 0 Å². The summed E-state index contributed by atoms with van der Waals surface area (Å²) in [5.41, 5.74) is -0.686. The Kier molecular flexibility index (Phi) is 6.43. The zero-order valence-electron chi connectivity index (χ0n) is 11.9. The van der Waals surface area contributed by atoms with Crippen molar-refractivity contribution in [2.24, 2.45) is 0 Å². The maximum Gasteiger partial charge on any atom is 0.252 e. The summed E-state index contributed by atoms with van der Waals surface area (Å²) in [6, 6.07) is 3.62. The monoisotopic (exact) mass is 301 g/mol. The van der Waals surface area contributed by atoms with Gasteiger partial charge in [0, 0.05) is 6.54 Å². The number of nitrogens with one attached hydrogen (secondary N) is 1. The summed E-state index contributed by atoms with van der Waals surface area (Å²) in [7, 11) is 0. The quantitative estimate of drug-likeness (QED) is 0.809. The van der Waals surface area contributed by atoms with Crippen molar-refractivity contribution in [3.8, 4) is 0 Å². The highest BCUT2D eigenvalue weighted by atomic mass is 35.5. The van der Waals surface area contributed by atoms with Gasteiger partial charge in [0.1, 0.15) is 5.82 Å². The molecule has 0 aliphatic carbocycles. The van der Waals surface area contributed by atoms with Crippen LogP contribution in [0.15, 0.2) is 18.2 Å². The van der Waals surface area contributed by atoms with Crippen LogP contribution in [0.3, 0.4) is 0 Å². The third-order valence-electron chi connectivity index (χ3n) is 3.18. The van der Waals surface area contributed by atoms with Crippen LogP contribution >= 0.6 is 11.6 Å². The molecule has 0 unspecified atom stereocenters. The van der Waals surface area contributed by atoms with Gasteiger partial charge in [-0.25, -0.2) is 4.39 Å². The van der Waals surface area contributed by atoms with E-state index in [1.807, 2.05) is 13.8 Å². The van der Waals surface area contributed by atoms with E-state index in [9.17, 15) is 14.3 Å². The lowest BCUT2D eigenvalue weighted by molar-refractivity contribution is 0.0213. The van der Waals surface area contributed by atoms with Crippen LogP contribution in [0.2, 0.25) is 5.02 Å². The van der Waals surface area contributed by atoms with Gasteiger partial charge in [0.05, 0.1) is 16.2 Å². The summed E-state index contributed by atoms with van der Waals surface area (Å²) in [5, 5.41) is 13.2. The molecular formula is C15H21ClFNO2. The van der Waals surface area contributed by atoms with E-state index < -0.39 is 17.3 Å². The van der Waals surface area contributed by atoms with Gasteiger partial charge in [-0.15, -0.1) is 0 Å². The maximum atomic E-state index is 12.9. The van der Waals surface area contributed by atoms with Crippen molar-refractivity contribution in [1.29, 1.82) is 0 Å². The molecule has 20 heavy (non-hydrogen) atoms. The number of hydrogen-bond donors (Lipinski definition) is 2. The Morgan fingerprint density at radius 2 is 1.95 bits per heavy atom. The summed E-state index contributed by atoms with van der Waals surface area (Å²) in [6.07, 6.45) is 2.92. The first-order valence-corrected chi connectivity index (χ1v) is 7.25. The summed E-state index contributed by atoms with van der Waals surface area (Å²) in [6.45, 7) is 4.14. The van der Waals surface area contributed by atoms with E-state index in [4.69, 9.17) is 11.6 Å².